The minimum absolute atomic E-state index is 0.542. The average molecular weight is 336 g/mol. The zero-order valence-electron chi connectivity index (χ0n) is 14.5. The first-order valence-corrected chi connectivity index (χ1v) is 7.95. The first-order valence-electron chi connectivity index (χ1n) is 7.95. The molecule has 0 atom stereocenters. The predicted octanol–water partition coefficient (Wildman–Crippen LogP) is 3.74. The van der Waals surface area contributed by atoms with Gasteiger partial charge in [0.2, 0.25) is 0 Å². The van der Waals surface area contributed by atoms with Crippen molar-refractivity contribution in [2.75, 3.05) is 14.2 Å². The van der Waals surface area contributed by atoms with Gasteiger partial charge in [-0.1, -0.05) is 24.3 Å². The highest BCUT2D eigenvalue weighted by Crippen LogP contribution is 2.32. The summed E-state index contributed by atoms with van der Waals surface area (Å²) in [5, 5.41) is 4.61. The van der Waals surface area contributed by atoms with Crippen LogP contribution in [0, 0.1) is 6.92 Å². The van der Waals surface area contributed by atoms with E-state index >= 15 is 0 Å². The summed E-state index contributed by atoms with van der Waals surface area (Å²) in [6, 6.07) is 13.6. The largest absolute Gasteiger partial charge is 0.493 e. The molecular weight excluding hydrogens is 316 g/mol. The van der Waals surface area contributed by atoms with Crippen molar-refractivity contribution >= 4 is 6.29 Å². The van der Waals surface area contributed by atoms with Crippen LogP contribution >= 0.6 is 0 Å². The molecule has 0 fully saturated rings. The highest BCUT2D eigenvalue weighted by molar-refractivity contribution is 5.85. The summed E-state index contributed by atoms with van der Waals surface area (Å²) in [6.07, 6.45) is 2.60. The fourth-order valence-corrected chi connectivity index (χ4v) is 2.77. The number of nitrogens with zero attached hydrogens (tertiary/aromatic N) is 2. The molecule has 0 bridgehead atoms. The molecule has 3 rings (SSSR count). The van der Waals surface area contributed by atoms with Gasteiger partial charge < -0.3 is 9.47 Å². The van der Waals surface area contributed by atoms with Gasteiger partial charge in [-0.15, -0.1) is 0 Å². The molecule has 2 aromatic carbocycles. The lowest BCUT2D eigenvalue weighted by Gasteiger charge is -2.09. The molecule has 0 saturated carbocycles. The number of hydrogen-bond donors (Lipinski definition) is 0. The molecule has 1 heterocycles. The number of carbonyl (C=O) groups is 1. The Labute approximate surface area is 146 Å². The van der Waals surface area contributed by atoms with Gasteiger partial charge in [-0.2, -0.15) is 5.10 Å². The van der Waals surface area contributed by atoms with Crippen LogP contribution in [0.5, 0.6) is 11.5 Å². The number of methoxy groups -OCH3 is 2. The summed E-state index contributed by atoms with van der Waals surface area (Å²) in [5.41, 5.74) is 4.34. The van der Waals surface area contributed by atoms with Gasteiger partial charge in [-0.05, 0) is 36.2 Å². The first kappa shape index (κ1) is 16.8. The molecular formula is C20H20N2O3. The van der Waals surface area contributed by atoms with Crippen molar-refractivity contribution in [1.82, 2.24) is 9.78 Å². The van der Waals surface area contributed by atoms with E-state index in [0.717, 1.165) is 11.8 Å². The quantitative estimate of drug-likeness (QED) is 0.644. The highest BCUT2D eigenvalue weighted by Gasteiger charge is 2.14. The van der Waals surface area contributed by atoms with Crippen LogP contribution in [0.4, 0.5) is 0 Å². The molecule has 0 N–H and O–H groups in total. The summed E-state index contributed by atoms with van der Waals surface area (Å²) in [5.74, 6) is 1.24. The van der Waals surface area contributed by atoms with Crippen LogP contribution < -0.4 is 9.47 Å². The SMILES string of the molecule is COc1ccc(-c2nn(Cc3ccccc3C)cc2C=O)cc1OC. The lowest BCUT2D eigenvalue weighted by atomic mass is 10.1. The Morgan fingerprint density at radius 3 is 2.52 bits per heavy atom. The third-order valence-electron chi connectivity index (χ3n) is 4.17. The Bertz CT molecular complexity index is 900. The van der Waals surface area contributed by atoms with E-state index in [-0.39, 0.29) is 0 Å². The van der Waals surface area contributed by atoms with E-state index in [1.165, 1.54) is 11.1 Å². The van der Waals surface area contributed by atoms with Gasteiger partial charge in [-0.3, -0.25) is 9.48 Å². The Balaban J connectivity index is 1.99. The van der Waals surface area contributed by atoms with Crippen LogP contribution in [0.1, 0.15) is 21.5 Å². The molecule has 0 aliphatic carbocycles. The lowest BCUT2D eigenvalue weighted by molar-refractivity contribution is 0.112. The van der Waals surface area contributed by atoms with Crippen molar-refractivity contribution in [2.45, 2.75) is 13.5 Å². The number of aryl methyl sites for hydroxylation is 1. The van der Waals surface area contributed by atoms with Gasteiger partial charge in [0.05, 0.1) is 26.3 Å². The van der Waals surface area contributed by atoms with Crippen molar-refractivity contribution in [3.8, 4) is 22.8 Å². The summed E-state index contributed by atoms with van der Waals surface area (Å²) < 4.78 is 12.4. The second kappa shape index (κ2) is 7.21. The number of ether oxygens (including phenoxy) is 2. The van der Waals surface area contributed by atoms with Crippen molar-refractivity contribution in [1.29, 1.82) is 0 Å². The summed E-state index contributed by atoms with van der Waals surface area (Å²) in [6.45, 7) is 2.68. The topological polar surface area (TPSA) is 53.4 Å². The monoisotopic (exact) mass is 336 g/mol. The molecule has 5 nitrogen and oxygen atoms in total. The fourth-order valence-electron chi connectivity index (χ4n) is 2.77. The molecule has 0 unspecified atom stereocenters. The molecule has 25 heavy (non-hydrogen) atoms. The third-order valence-corrected chi connectivity index (χ3v) is 4.17. The Kier molecular flexibility index (Phi) is 4.84. The van der Waals surface area contributed by atoms with E-state index in [4.69, 9.17) is 9.47 Å². The summed E-state index contributed by atoms with van der Waals surface area (Å²) in [7, 11) is 3.17. The van der Waals surface area contributed by atoms with Gasteiger partial charge in [0, 0.05) is 11.8 Å². The second-order valence-corrected chi connectivity index (χ2v) is 5.74. The van der Waals surface area contributed by atoms with Crippen molar-refractivity contribution < 1.29 is 14.3 Å². The fraction of sp³-hybridized carbons (Fsp3) is 0.200. The number of benzene rings is 2. The lowest BCUT2D eigenvalue weighted by Crippen LogP contribution is -2.02. The van der Waals surface area contributed by atoms with E-state index in [9.17, 15) is 4.79 Å². The van der Waals surface area contributed by atoms with E-state index in [1.807, 2.05) is 30.3 Å². The third kappa shape index (κ3) is 3.40. The molecule has 0 aliphatic rings. The smallest absolute Gasteiger partial charge is 0.161 e. The van der Waals surface area contributed by atoms with Crippen molar-refractivity contribution in [3.05, 3.63) is 65.4 Å². The molecule has 0 radical (unpaired) electrons. The van der Waals surface area contributed by atoms with E-state index < -0.39 is 0 Å². The van der Waals surface area contributed by atoms with Gasteiger partial charge in [0.25, 0.3) is 0 Å². The maximum Gasteiger partial charge on any atom is 0.161 e. The average Bonchev–Trinajstić information content (AvgIpc) is 3.06. The molecule has 0 aliphatic heterocycles. The molecule has 3 aromatic rings. The van der Waals surface area contributed by atoms with Gasteiger partial charge in [0.1, 0.15) is 5.69 Å². The maximum atomic E-state index is 11.5. The van der Waals surface area contributed by atoms with Crippen LogP contribution in [0.3, 0.4) is 0 Å². The van der Waals surface area contributed by atoms with Crippen molar-refractivity contribution in [2.24, 2.45) is 0 Å². The zero-order chi connectivity index (χ0) is 17.8. The van der Waals surface area contributed by atoms with Crippen LogP contribution in [0.2, 0.25) is 0 Å². The number of carbonyl (C=O) groups excluding carboxylic acids is 1. The number of hydrogen-bond acceptors (Lipinski definition) is 4. The van der Waals surface area contributed by atoms with Gasteiger partial charge >= 0.3 is 0 Å². The number of aromatic nitrogens is 2. The molecule has 0 spiro atoms. The Morgan fingerprint density at radius 2 is 1.84 bits per heavy atom. The minimum Gasteiger partial charge on any atom is -0.493 e. The molecule has 0 amide bonds. The standard InChI is InChI=1S/C20H20N2O3/c1-14-6-4-5-7-16(14)11-22-12-17(13-23)20(21-22)15-8-9-18(24-2)19(10-15)25-3/h4-10,12-13H,11H2,1-3H3. The number of aldehydes is 1. The van der Waals surface area contributed by atoms with Crippen LogP contribution in [0.15, 0.2) is 48.7 Å². The van der Waals surface area contributed by atoms with Gasteiger partial charge in [-0.25, -0.2) is 0 Å². The molecule has 1 aromatic heterocycles. The Hall–Kier alpha value is -3.08. The second-order valence-electron chi connectivity index (χ2n) is 5.74. The zero-order valence-corrected chi connectivity index (χ0v) is 14.5. The van der Waals surface area contributed by atoms with Gasteiger partial charge in [0.15, 0.2) is 17.8 Å². The highest BCUT2D eigenvalue weighted by atomic mass is 16.5. The number of rotatable bonds is 6. The Morgan fingerprint density at radius 1 is 1.08 bits per heavy atom. The normalized spacial score (nSPS) is 10.5. The van der Waals surface area contributed by atoms with Crippen LogP contribution in [-0.4, -0.2) is 30.3 Å². The van der Waals surface area contributed by atoms with Crippen LogP contribution in [-0.2, 0) is 6.54 Å². The molecule has 0 saturated heterocycles. The van der Waals surface area contributed by atoms with E-state index in [2.05, 4.69) is 24.2 Å². The first-order chi connectivity index (χ1) is 12.2. The predicted molar refractivity (Wildman–Crippen MR) is 96.4 cm³/mol. The molecule has 128 valence electrons. The minimum atomic E-state index is 0.542. The summed E-state index contributed by atoms with van der Waals surface area (Å²) in [4.78, 5) is 11.5. The molecule has 5 heteroatoms. The van der Waals surface area contributed by atoms with E-state index in [0.29, 0.717) is 29.3 Å². The summed E-state index contributed by atoms with van der Waals surface area (Å²) >= 11 is 0. The van der Waals surface area contributed by atoms with Crippen molar-refractivity contribution in [3.63, 3.8) is 0 Å². The van der Waals surface area contributed by atoms with E-state index in [1.54, 1.807) is 25.1 Å². The van der Waals surface area contributed by atoms with Crippen LogP contribution in [0.25, 0.3) is 11.3 Å². The maximum absolute atomic E-state index is 11.5.